The monoisotopic (exact) mass is 323 g/mol. The zero-order valence-electron chi connectivity index (χ0n) is 12.6. The van der Waals surface area contributed by atoms with E-state index < -0.39 is 10.0 Å². The standard InChI is InChI=1S/C19H17NO2S/c21-23(22,19-10-4-7-15-5-1-2-9-18(15)19)20-17-12-11-14-6-3-8-16(14)13-17/h1-2,4-5,7,9-13,20H,3,6,8H2. The van der Waals surface area contributed by atoms with Gasteiger partial charge in [0.2, 0.25) is 0 Å². The summed E-state index contributed by atoms with van der Waals surface area (Å²) in [6.45, 7) is 0. The Kier molecular flexibility index (Phi) is 3.34. The topological polar surface area (TPSA) is 46.2 Å². The van der Waals surface area contributed by atoms with Gasteiger partial charge in [-0.25, -0.2) is 8.42 Å². The Morgan fingerprint density at radius 3 is 2.52 bits per heavy atom. The van der Waals surface area contributed by atoms with Gasteiger partial charge in [-0.15, -0.1) is 0 Å². The van der Waals surface area contributed by atoms with Crippen molar-refractivity contribution in [2.45, 2.75) is 24.2 Å². The van der Waals surface area contributed by atoms with E-state index in [0.29, 0.717) is 10.6 Å². The molecule has 0 amide bonds. The third-order valence-corrected chi connectivity index (χ3v) is 5.83. The SMILES string of the molecule is O=S(=O)(Nc1ccc2c(c1)CCC2)c1cccc2ccccc12. The molecule has 0 fully saturated rings. The normalized spacial score (nSPS) is 13.9. The van der Waals surface area contributed by atoms with Crippen molar-refractivity contribution in [1.29, 1.82) is 0 Å². The van der Waals surface area contributed by atoms with Crippen molar-refractivity contribution in [2.24, 2.45) is 0 Å². The molecule has 0 atom stereocenters. The molecule has 0 saturated carbocycles. The van der Waals surface area contributed by atoms with Gasteiger partial charge in [-0.3, -0.25) is 4.72 Å². The van der Waals surface area contributed by atoms with Gasteiger partial charge in [-0.1, -0.05) is 42.5 Å². The van der Waals surface area contributed by atoms with Crippen molar-refractivity contribution in [3.8, 4) is 0 Å². The predicted octanol–water partition coefficient (Wildman–Crippen LogP) is 4.13. The second-order valence-corrected chi connectivity index (χ2v) is 7.57. The minimum atomic E-state index is -3.61. The lowest BCUT2D eigenvalue weighted by molar-refractivity contribution is 0.602. The van der Waals surface area contributed by atoms with Gasteiger partial charge < -0.3 is 0 Å². The summed E-state index contributed by atoms with van der Waals surface area (Å²) >= 11 is 0. The highest BCUT2D eigenvalue weighted by atomic mass is 32.2. The maximum Gasteiger partial charge on any atom is 0.262 e. The van der Waals surface area contributed by atoms with Crippen LogP contribution in [0.4, 0.5) is 5.69 Å². The number of nitrogens with one attached hydrogen (secondary N) is 1. The van der Waals surface area contributed by atoms with Gasteiger partial charge in [0.25, 0.3) is 10.0 Å². The molecule has 0 aliphatic heterocycles. The zero-order chi connectivity index (χ0) is 15.9. The van der Waals surface area contributed by atoms with Gasteiger partial charge in [0.1, 0.15) is 0 Å². The van der Waals surface area contributed by atoms with Gasteiger partial charge in [-0.05, 0) is 54.0 Å². The van der Waals surface area contributed by atoms with E-state index in [0.717, 1.165) is 30.0 Å². The Bertz CT molecular complexity index is 988. The quantitative estimate of drug-likeness (QED) is 0.788. The lowest BCUT2D eigenvalue weighted by atomic mass is 10.1. The van der Waals surface area contributed by atoms with E-state index >= 15 is 0 Å². The molecule has 0 heterocycles. The van der Waals surface area contributed by atoms with Gasteiger partial charge in [-0.2, -0.15) is 0 Å². The molecule has 0 spiro atoms. The second-order valence-electron chi connectivity index (χ2n) is 5.92. The molecule has 3 nitrogen and oxygen atoms in total. The Hall–Kier alpha value is -2.33. The van der Waals surface area contributed by atoms with E-state index in [2.05, 4.69) is 4.72 Å². The van der Waals surface area contributed by atoms with Crippen molar-refractivity contribution in [1.82, 2.24) is 0 Å². The number of benzene rings is 3. The summed E-state index contributed by atoms with van der Waals surface area (Å²) in [6.07, 6.45) is 3.26. The molecule has 0 aromatic heterocycles. The van der Waals surface area contributed by atoms with Crippen LogP contribution in [0.5, 0.6) is 0 Å². The van der Waals surface area contributed by atoms with Crippen LogP contribution in [0.2, 0.25) is 0 Å². The second kappa shape index (κ2) is 5.39. The highest BCUT2D eigenvalue weighted by Gasteiger charge is 2.18. The Balaban J connectivity index is 1.75. The van der Waals surface area contributed by atoms with Crippen molar-refractivity contribution < 1.29 is 8.42 Å². The molecule has 3 aromatic rings. The largest absolute Gasteiger partial charge is 0.280 e. The van der Waals surface area contributed by atoms with E-state index in [1.807, 2.05) is 48.5 Å². The molecule has 3 aromatic carbocycles. The fourth-order valence-corrected chi connectivity index (χ4v) is 4.56. The molecule has 1 aliphatic carbocycles. The van der Waals surface area contributed by atoms with Crippen LogP contribution in [0, 0.1) is 0 Å². The fraction of sp³-hybridized carbons (Fsp3) is 0.158. The van der Waals surface area contributed by atoms with Gasteiger partial charge in [0.05, 0.1) is 4.90 Å². The number of sulfonamides is 1. The lowest BCUT2D eigenvalue weighted by Crippen LogP contribution is -2.13. The summed E-state index contributed by atoms with van der Waals surface area (Å²) in [4.78, 5) is 0.316. The first-order chi connectivity index (χ1) is 11.1. The molecule has 0 bridgehead atoms. The van der Waals surface area contributed by atoms with Crippen LogP contribution in [0.25, 0.3) is 10.8 Å². The highest BCUT2D eigenvalue weighted by Crippen LogP contribution is 2.28. The summed E-state index contributed by atoms with van der Waals surface area (Å²) < 4.78 is 28.3. The Labute approximate surface area is 136 Å². The summed E-state index contributed by atoms with van der Waals surface area (Å²) in [5.41, 5.74) is 3.22. The summed E-state index contributed by atoms with van der Waals surface area (Å²) in [5.74, 6) is 0. The minimum absolute atomic E-state index is 0.316. The van der Waals surface area contributed by atoms with E-state index in [1.54, 1.807) is 12.1 Å². The molecular formula is C19H17NO2S. The fourth-order valence-electron chi connectivity index (χ4n) is 3.28. The van der Waals surface area contributed by atoms with E-state index in [-0.39, 0.29) is 0 Å². The van der Waals surface area contributed by atoms with Crippen molar-refractivity contribution >= 4 is 26.5 Å². The number of hydrogen-bond acceptors (Lipinski definition) is 2. The maximum absolute atomic E-state index is 12.8. The third kappa shape index (κ3) is 2.59. The molecule has 0 radical (unpaired) electrons. The Morgan fingerprint density at radius 1 is 0.826 bits per heavy atom. The summed E-state index contributed by atoms with van der Waals surface area (Å²) in [6, 6.07) is 18.7. The van der Waals surface area contributed by atoms with Crippen LogP contribution in [-0.2, 0) is 22.9 Å². The number of anilines is 1. The van der Waals surface area contributed by atoms with Crippen LogP contribution in [-0.4, -0.2) is 8.42 Å². The van der Waals surface area contributed by atoms with Gasteiger partial charge in [0.15, 0.2) is 0 Å². The van der Waals surface area contributed by atoms with E-state index in [4.69, 9.17) is 0 Å². The number of hydrogen-bond donors (Lipinski definition) is 1. The van der Waals surface area contributed by atoms with Crippen LogP contribution in [0.1, 0.15) is 17.5 Å². The van der Waals surface area contributed by atoms with Gasteiger partial charge >= 0.3 is 0 Å². The summed E-state index contributed by atoms with van der Waals surface area (Å²) in [7, 11) is -3.61. The molecular weight excluding hydrogens is 306 g/mol. The molecule has 4 rings (SSSR count). The number of fused-ring (bicyclic) bond motifs is 2. The van der Waals surface area contributed by atoms with Gasteiger partial charge in [0, 0.05) is 11.1 Å². The molecule has 23 heavy (non-hydrogen) atoms. The average molecular weight is 323 g/mol. The first kappa shape index (κ1) is 14.3. The Morgan fingerprint density at radius 2 is 1.61 bits per heavy atom. The van der Waals surface area contributed by atoms with Crippen molar-refractivity contribution in [2.75, 3.05) is 4.72 Å². The van der Waals surface area contributed by atoms with Crippen molar-refractivity contribution in [3.05, 3.63) is 71.8 Å². The summed E-state index contributed by atoms with van der Waals surface area (Å²) in [5, 5.41) is 1.66. The molecule has 1 aliphatic rings. The minimum Gasteiger partial charge on any atom is -0.280 e. The number of rotatable bonds is 3. The highest BCUT2D eigenvalue weighted by molar-refractivity contribution is 7.93. The van der Waals surface area contributed by atoms with Crippen LogP contribution in [0.3, 0.4) is 0 Å². The molecule has 1 N–H and O–H groups in total. The maximum atomic E-state index is 12.8. The molecule has 0 unspecified atom stereocenters. The number of aryl methyl sites for hydroxylation is 2. The van der Waals surface area contributed by atoms with E-state index in [9.17, 15) is 8.42 Å². The first-order valence-electron chi connectivity index (χ1n) is 7.76. The molecule has 116 valence electrons. The smallest absolute Gasteiger partial charge is 0.262 e. The average Bonchev–Trinajstić information content (AvgIpc) is 3.01. The molecule has 4 heteroatoms. The predicted molar refractivity (Wildman–Crippen MR) is 93.2 cm³/mol. The van der Waals surface area contributed by atoms with Crippen LogP contribution >= 0.6 is 0 Å². The third-order valence-electron chi connectivity index (χ3n) is 4.39. The lowest BCUT2D eigenvalue weighted by Gasteiger charge is -2.11. The van der Waals surface area contributed by atoms with Crippen LogP contribution < -0.4 is 4.72 Å². The zero-order valence-corrected chi connectivity index (χ0v) is 13.4. The molecule has 0 saturated heterocycles. The van der Waals surface area contributed by atoms with Crippen molar-refractivity contribution in [3.63, 3.8) is 0 Å². The van der Waals surface area contributed by atoms with E-state index in [1.165, 1.54) is 11.1 Å². The first-order valence-corrected chi connectivity index (χ1v) is 9.24. The van der Waals surface area contributed by atoms with Crippen LogP contribution in [0.15, 0.2) is 65.6 Å².